The standard InChI is InChI=1S/C28H39N3O4/c1-6-7-17-34-20-23(32)18-31(21(2)3)19-26-27(22-11-9-8-10-12-22)29-30(4)28(26)35-25-15-13-24(33-5)14-16-25/h8-16,21,23,32H,6-7,17-20H2,1-5H3/t23-/m0/s1. The first-order valence-electron chi connectivity index (χ1n) is 12.4. The highest BCUT2D eigenvalue weighted by Gasteiger charge is 2.24. The third kappa shape index (κ3) is 7.56. The summed E-state index contributed by atoms with van der Waals surface area (Å²) in [4.78, 5) is 2.23. The molecule has 7 nitrogen and oxygen atoms in total. The lowest BCUT2D eigenvalue weighted by Crippen LogP contribution is -2.39. The van der Waals surface area contributed by atoms with Crippen molar-refractivity contribution >= 4 is 0 Å². The van der Waals surface area contributed by atoms with Crippen LogP contribution in [0.1, 0.15) is 39.2 Å². The van der Waals surface area contributed by atoms with Crippen LogP contribution in [0.2, 0.25) is 0 Å². The Bertz CT molecular complexity index is 1020. The van der Waals surface area contributed by atoms with E-state index in [0.717, 1.165) is 35.4 Å². The number of benzene rings is 2. The van der Waals surface area contributed by atoms with Crippen LogP contribution in [0.4, 0.5) is 0 Å². The molecule has 0 unspecified atom stereocenters. The van der Waals surface area contributed by atoms with Crippen LogP contribution >= 0.6 is 0 Å². The van der Waals surface area contributed by atoms with Gasteiger partial charge in [-0.15, -0.1) is 0 Å². The Morgan fingerprint density at radius 2 is 1.71 bits per heavy atom. The number of ether oxygens (including phenoxy) is 3. The lowest BCUT2D eigenvalue weighted by Gasteiger charge is -2.29. The average molecular weight is 482 g/mol. The summed E-state index contributed by atoms with van der Waals surface area (Å²) in [5.74, 6) is 2.15. The van der Waals surface area contributed by atoms with E-state index in [4.69, 9.17) is 19.3 Å². The largest absolute Gasteiger partial charge is 0.497 e. The van der Waals surface area contributed by atoms with E-state index in [-0.39, 0.29) is 6.04 Å². The Morgan fingerprint density at radius 3 is 2.34 bits per heavy atom. The molecule has 0 bridgehead atoms. The minimum atomic E-state index is -0.572. The Kier molecular flexibility index (Phi) is 10.1. The molecule has 0 saturated heterocycles. The lowest BCUT2D eigenvalue weighted by molar-refractivity contribution is 0.00848. The minimum absolute atomic E-state index is 0.206. The number of aryl methyl sites for hydroxylation is 1. The number of aliphatic hydroxyl groups excluding tert-OH is 1. The van der Waals surface area contributed by atoms with E-state index in [9.17, 15) is 5.11 Å². The maximum Gasteiger partial charge on any atom is 0.222 e. The van der Waals surface area contributed by atoms with E-state index in [2.05, 4.69) is 37.8 Å². The van der Waals surface area contributed by atoms with Crippen LogP contribution in [-0.4, -0.2) is 58.8 Å². The number of methoxy groups -OCH3 is 1. The third-order valence-corrected chi connectivity index (χ3v) is 5.90. The summed E-state index contributed by atoms with van der Waals surface area (Å²) in [5, 5.41) is 15.5. The number of nitrogens with zero attached hydrogens (tertiary/aromatic N) is 3. The molecular formula is C28H39N3O4. The fourth-order valence-corrected chi connectivity index (χ4v) is 3.86. The van der Waals surface area contributed by atoms with Crippen molar-refractivity contribution in [3.05, 3.63) is 60.2 Å². The second-order valence-electron chi connectivity index (χ2n) is 9.01. The summed E-state index contributed by atoms with van der Waals surface area (Å²) >= 11 is 0. The van der Waals surface area contributed by atoms with Gasteiger partial charge >= 0.3 is 0 Å². The quantitative estimate of drug-likeness (QED) is 0.316. The van der Waals surface area contributed by atoms with Gasteiger partial charge in [0.2, 0.25) is 5.88 Å². The highest BCUT2D eigenvalue weighted by Crippen LogP contribution is 2.35. The predicted molar refractivity (Wildman–Crippen MR) is 139 cm³/mol. The van der Waals surface area contributed by atoms with Gasteiger partial charge in [0.1, 0.15) is 17.2 Å². The second-order valence-corrected chi connectivity index (χ2v) is 9.01. The minimum Gasteiger partial charge on any atom is -0.497 e. The molecule has 7 heteroatoms. The van der Waals surface area contributed by atoms with Gasteiger partial charge in [0.25, 0.3) is 0 Å². The van der Waals surface area contributed by atoms with Gasteiger partial charge in [-0.25, -0.2) is 4.68 Å². The summed E-state index contributed by atoms with van der Waals surface area (Å²) in [6.07, 6.45) is 1.51. The van der Waals surface area contributed by atoms with E-state index in [1.165, 1.54) is 0 Å². The van der Waals surface area contributed by atoms with Gasteiger partial charge < -0.3 is 19.3 Å². The van der Waals surface area contributed by atoms with Gasteiger partial charge in [0, 0.05) is 38.3 Å². The monoisotopic (exact) mass is 481 g/mol. The highest BCUT2D eigenvalue weighted by molar-refractivity contribution is 5.65. The molecule has 0 aliphatic heterocycles. The zero-order valence-electron chi connectivity index (χ0n) is 21.6. The van der Waals surface area contributed by atoms with Gasteiger partial charge in [-0.1, -0.05) is 43.7 Å². The first-order chi connectivity index (χ1) is 16.9. The van der Waals surface area contributed by atoms with Crippen molar-refractivity contribution in [2.45, 2.75) is 52.3 Å². The number of hydrogen-bond acceptors (Lipinski definition) is 6. The van der Waals surface area contributed by atoms with E-state index in [0.29, 0.717) is 37.9 Å². The Labute approximate surface area is 209 Å². The molecule has 0 aliphatic rings. The number of unbranched alkanes of at least 4 members (excludes halogenated alkanes) is 1. The summed E-state index contributed by atoms with van der Waals surface area (Å²) in [6, 6.07) is 17.8. The van der Waals surface area contributed by atoms with Crippen LogP contribution in [-0.2, 0) is 18.3 Å². The molecule has 3 rings (SSSR count). The Morgan fingerprint density at radius 1 is 1.03 bits per heavy atom. The molecule has 0 amide bonds. The van der Waals surface area contributed by atoms with Gasteiger partial charge in [0.15, 0.2) is 0 Å². The normalized spacial score (nSPS) is 12.3. The van der Waals surface area contributed by atoms with Crippen molar-refractivity contribution in [3.63, 3.8) is 0 Å². The fourth-order valence-electron chi connectivity index (χ4n) is 3.86. The van der Waals surface area contributed by atoms with E-state index in [1.807, 2.05) is 49.5 Å². The molecule has 3 aromatic rings. The zero-order valence-corrected chi connectivity index (χ0v) is 21.6. The Balaban J connectivity index is 1.89. The number of hydrogen-bond donors (Lipinski definition) is 1. The summed E-state index contributed by atoms with van der Waals surface area (Å²) in [7, 11) is 3.54. The van der Waals surface area contributed by atoms with Crippen molar-refractivity contribution in [2.75, 3.05) is 26.9 Å². The first kappa shape index (κ1) is 26.7. The molecule has 0 aliphatic carbocycles. The van der Waals surface area contributed by atoms with Crippen molar-refractivity contribution < 1.29 is 19.3 Å². The molecule has 1 aromatic heterocycles. The molecule has 1 heterocycles. The third-order valence-electron chi connectivity index (χ3n) is 5.90. The van der Waals surface area contributed by atoms with Crippen LogP contribution in [0.5, 0.6) is 17.4 Å². The molecule has 0 spiro atoms. The van der Waals surface area contributed by atoms with E-state index in [1.54, 1.807) is 11.8 Å². The van der Waals surface area contributed by atoms with Crippen LogP contribution in [0, 0.1) is 0 Å². The summed E-state index contributed by atoms with van der Waals surface area (Å²) < 4.78 is 19.1. The van der Waals surface area contributed by atoms with Gasteiger partial charge in [-0.3, -0.25) is 4.90 Å². The number of rotatable bonds is 14. The van der Waals surface area contributed by atoms with Gasteiger partial charge in [-0.05, 0) is 44.5 Å². The molecule has 0 saturated carbocycles. The van der Waals surface area contributed by atoms with Crippen LogP contribution < -0.4 is 9.47 Å². The van der Waals surface area contributed by atoms with Crippen LogP contribution in [0.3, 0.4) is 0 Å². The maximum absolute atomic E-state index is 10.7. The molecule has 35 heavy (non-hydrogen) atoms. The molecule has 2 aromatic carbocycles. The molecular weight excluding hydrogens is 442 g/mol. The van der Waals surface area contributed by atoms with Crippen molar-refractivity contribution in [3.8, 4) is 28.6 Å². The molecule has 0 fully saturated rings. The van der Waals surface area contributed by atoms with Gasteiger partial charge in [0.05, 0.1) is 25.4 Å². The molecule has 1 N–H and O–H groups in total. The second kappa shape index (κ2) is 13.3. The maximum atomic E-state index is 10.7. The fraction of sp³-hybridized carbons (Fsp3) is 0.464. The van der Waals surface area contributed by atoms with E-state index < -0.39 is 6.10 Å². The zero-order chi connectivity index (χ0) is 25.2. The van der Waals surface area contributed by atoms with Crippen molar-refractivity contribution in [1.82, 2.24) is 14.7 Å². The number of aliphatic hydroxyl groups is 1. The average Bonchev–Trinajstić information content (AvgIpc) is 3.17. The summed E-state index contributed by atoms with van der Waals surface area (Å²) in [6.45, 7) is 8.47. The van der Waals surface area contributed by atoms with Crippen LogP contribution in [0.15, 0.2) is 54.6 Å². The molecule has 190 valence electrons. The van der Waals surface area contributed by atoms with Crippen LogP contribution in [0.25, 0.3) is 11.3 Å². The topological polar surface area (TPSA) is 69.0 Å². The first-order valence-corrected chi connectivity index (χ1v) is 12.4. The predicted octanol–water partition coefficient (Wildman–Crippen LogP) is 5.28. The molecule has 1 atom stereocenters. The summed E-state index contributed by atoms with van der Waals surface area (Å²) in [5.41, 5.74) is 2.87. The van der Waals surface area contributed by atoms with E-state index >= 15 is 0 Å². The lowest BCUT2D eigenvalue weighted by atomic mass is 10.1. The van der Waals surface area contributed by atoms with Crippen molar-refractivity contribution in [2.24, 2.45) is 7.05 Å². The Hall–Kier alpha value is -2.87. The smallest absolute Gasteiger partial charge is 0.222 e. The SMILES string of the molecule is CCCCOC[C@@H](O)CN(Cc1c(-c2ccccc2)nn(C)c1Oc1ccc(OC)cc1)C(C)C. The highest BCUT2D eigenvalue weighted by atomic mass is 16.5. The molecule has 0 radical (unpaired) electrons. The number of aromatic nitrogens is 2. The van der Waals surface area contributed by atoms with Crippen molar-refractivity contribution in [1.29, 1.82) is 0 Å². The van der Waals surface area contributed by atoms with Gasteiger partial charge in [-0.2, -0.15) is 5.10 Å².